The van der Waals surface area contributed by atoms with Gasteiger partial charge in [-0.2, -0.15) is 0 Å². The zero-order chi connectivity index (χ0) is 40.7. The summed E-state index contributed by atoms with van der Waals surface area (Å²) in [6.45, 7) is 4.73. The van der Waals surface area contributed by atoms with Crippen molar-refractivity contribution in [2.24, 2.45) is 0 Å². The highest BCUT2D eigenvalue weighted by molar-refractivity contribution is 6.25. The largest absolute Gasteiger partial charge is 0.308 e. The molecule has 2 heteroatoms. The molecule has 0 unspecified atom stereocenters. The van der Waals surface area contributed by atoms with Crippen molar-refractivity contribution in [1.29, 1.82) is 0 Å². The van der Waals surface area contributed by atoms with Gasteiger partial charge in [0.1, 0.15) is 0 Å². The van der Waals surface area contributed by atoms with Crippen molar-refractivity contribution in [3.8, 4) is 39.1 Å². The van der Waals surface area contributed by atoms with Gasteiger partial charge in [-0.3, -0.25) is 0 Å². The van der Waals surface area contributed by atoms with Crippen LogP contribution in [0, 0.1) is 0 Å². The van der Waals surface area contributed by atoms with E-state index in [0.717, 1.165) is 22.7 Å². The van der Waals surface area contributed by atoms with E-state index in [1.165, 1.54) is 87.9 Å². The van der Waals surface area contributed by atoms with Crippen LogP contribution in [0.25, 0.3) is 82.4 Å². The van der Waals surface area contributed by atoms with Crippen molar-refractivity contribution in [3.63, 3.8) is 0 Å². The molecule has 0 aliphatic heterocycles. The fraction of sp³-hybridized carbons (Fsp3) is 0.0508. The molecule has 0 fully saturated rings. The second kappa shape index (κ2) is 13.7. The second-order valence-corrected chi connectivity index (χ2v) is 16.9. The summed E-state index contributed by atoms with van der Waals surface area (Å²) in [5, 5.41) is 7.50. The van der Waals surface area contributed by atoms with E-state index in [1.54, 1.807) is 0 Å². The van der Waals surface area contributed by atoms with Gasteiger partial charge in [-0.1, -0.05) is 178 Å². The lowest BCUT2D eigenvalue weighted by atomic mass is 9.82. The molecule has 0 saturated heterocycles. The molecule has 0 radical (unpaired) electrons. The standard InChI is InChI=1S/C59H42N2/c1-59(2)51-23-11-10-21-49(51)50-35-34-46(38-52(50)59)60(45-32-29-41(30-33-45)39-15-4-3-5-16-39)53-24-12-13-25-54(53)61-55-26-14-22-48(44-28-27-40-17-6-7-19-43(40)37-44)58(55)57-47-20-9-8-18-42(47)31-36-56(57)61/h3-38H,1-2H3. The summed E-state index contributed by atoms with van der Waals surface area (Å²) < 4.78 is 2.51. The van der Waals surface area contributed by atoms with Gasteiger partial charge in [0.05, 0.1) is 22.4 Å². The Morgan fingerprint density at radius 3 is 1.87 bits per heavy atom. The van der Waals surface area contributed by atoms with E-state index in [9.17, 15) is 0 Å². The Morgan fingerprint density at radius 2 is 1.00 bits per heavy atom. The minimum Gasteiger partial charge on any atom is -0.308 e. The highest BCUT2D eigenvalue weighted by atomic mass is 15.2. The third kappa shape index (κ3) is 5.49. The number of rotatable bonds is 6. The van der Waals surface area contributed by atoms with Gasteiger partial charge < -0.3 is 9.47 Å². The maximum Gasteiger partial charge on any atom is 0.0702 e. The maximum absolute atomic E-state index is 2.51. The topological polar surface area (TPSA) is 8.17 Å². The van der Waals surface area contributed by atoms with Gasteiger partial charge in [0.2, 0.25) is 0 Å². The van der Waals surface area contributed by atoms with Crippen molar-refractivity contribution in [2.75, 3.05) is 4.90 Å². The minimum absolute atomic E-state index is 0.142. The van der Waals surface area contributed by atoms with E-state index < -0.39 is 0 Å². The Hall–Kier alpha value is -7.68. The summed E-state index contributed by atoms with van der Waals surface area (Å²) in [4.78, 5) is 2.47. The molecule has 11 aromatic rings. The van der Waals surface area contributed by atoms with E-state index in [-0.39, 0.29) is 5.41 Å². The molecule has 61 heavy (non-hydrogen) atoms. The summed E-state index contributed by atoms with van der Waals surface area (Å²) in [6.07, 6.45) is 0. The Morgan fingerprint density at radius 1 is 0.377 bits per heavy atom. The van der Waals surface area contributed by atoms with Gasteiger partial charge in [-0.05, 0) is 121 Å². The number of anilines is 3. The van der Waals surface area contributed by atoms with Crippen molar-refractivity contribution < 1.29 is 0 Å². The van der Waals surface area contributed by atoms with Crippen LogP contribution in [0.3, 0.4) is 0 Å². The van der Waals surface area contributed by atoms with E-state index in [2.05, 4.69) is 242 Å². The highest BCUT2D eigenvalue weighted by Crippen LogP contribution is 2.52. The molecule has 2 nitrogen and oxygen atoms in total. The summed E-state index contributed by atoms with van der Waals surface area (Å²) in [7, 11) is 0. The van der Waals surface area contributed by atoms with Crippen LogP contribution in [0.15, 0.2) is 218 Å². The normalized spacial score (nSPS) is 12.9. The number of fused-ring (bicyclic) bond motifs is 9. The first-order valence-electron chi connectivity index (χ1n) is 21.3. The van der Waals surface area contributed by atoms with E-state index >= 15 is 0 Å². The lowest BCUT2D eigenvalue weighted by Crippen LogP contribution is -2.17. The smallest absolute Gasteiger partial charge is 0.0702 e. The second-order valence-electron chi connectivity index (χ2n) is 16.9. The van der Waals surface area contributed by atoms with E-state index in [0.29, 0.717) is 0 Å². The van der Waals surface area contributed by atoms with Crippen LogP contribution in [0.5, 0.6) is 0 Å². The average Bonchev–Trinajstić information content (AvgIpc) is 3.78. The van der Waals surface area contributed by atoms with Gasteiger partial charge in [0, 0.05) is 27.6 Å². The number of aromatic nitrogens is 1. The molecule has 1 aliphatic rings. The molecule has 0 N–H and O–H groups in total. The quantitative estimate of drug-likeness (QED) is 0.163. The third-order valence-corrected chi connectivity index (χ3v) is 13.2. The Kier molecular flexibility index (Phi) is 7.92. The van der Waals surface area contributed by atoms with E-state index in [4.69, 9.17) is 0 Å². The molecule has 1 aliphatic carbocycles. The number of para-hydroxylation sites is 2. The number of hydrogen-bond acceptors (Lipinski definition) is 1. The fourth-order valence-electron chi connectivity index (χ4n) is 10.2. The van der Waals surface area contributed by atoms with Crippen LogP contribution in [-0.2, 0) is 5.41 Å². The zero-order valence-corrected chi connectivity index (χ0v) is 34.2. The molecule has 288 valence electrons. The average molecular weight is 779 g/mol. The van der Waals surface area contributed by atoms with Crippen LogP contribution < -0.4 is 4.90 Å². The first-order valence-corrected chi connectivity index (χ1v) is 21.3. The molecular formula is C59H42N2. The molecule has 12 rings (SSSR count). The highest BCUT2D eigenvalue weighted by Gasteiger charge is 2.36. The summed E-state index contributed by atoms with van der Waals surface area (Å²) in [6, 6.07) is 80.5. The molecule has 1 aromatic heterocycles. The molecule has 0 bridgehead atoms. The molecular weight excluding hydrogens is 737 g/mol. The van der Waals surface area contributed by atoms with Crippen LogP contribution in [-0.4, -0.2) is 4.57 Å². The van der Waals surface area contributed by atoms with Crippen LogP contribution in [0.1, 0.15) is 25.0 Å². The van der Waals surface area contributed by atoms with Crippen molar-refractivity contribution >= 4 is 60.4 Å². The van der Waals surface area contributed by atoms with Crippen molar-refractivity contribution in [1.82, 2.24) is 4.57 Å². The van der Waals surface area contributed by atoms with Gasteiger partial charge in [-0.25, -0.2) is 0 Å². The third-order valence-electron chi connectivity index (χ3n) is 13.2. The van der Waals surface area contributed by atoms with Crippen molar-refractivity contribution in [3.05, 3.63) is 230 Å². The van der Waals surface area contributed by atoms with Gasteiger partial charge >= 0.3 is 0 Å². The van der Waals surface area contributed by atoms with Gasteiger partial charge in [-0.15, -0.1) is 0 Å². The predicted octanol–water partition coefficient (Wildman–Crippen LogP) is 16.2. The fourth-order valence-corrected chi connectivity index (χ4v) is 10.2. The summed E-state index contributed by atoms with van der Waals surface area (Å²) in [5.74, 6) is 0. The van der Waals surface area contributed by atoms with Crippen molar-refractivity contribution in [2.45, 2.75) is 19.3 Å². The SMILES string of the molecule is CC1(C)c2ccccc2-c2ccc(N(c3ccc(-c4ccccc4)cc3)c3ccccc3-n3c4cccc(-c5ccc6ccccc6c5)c4c4c5ccccc5ccc43)cc21. The first-order chi connectivity index (χ1) is 30.0. The molecule has 1 heterocycles. The van der Waals surface area contributed by atoms with Crippen LogP contribution in [0.4, 0.5) is 17.1 Å². The molecule has 0 spiro atoms. The monoisotopic (exact) mass is 778 g/mol. The predicted molar refractivity (Wildman–Crippen MR) is 259 cm³/mol. The maximum atomic E-state index is 2.51. The number of nitrogens with zero attached hydrogens (tertiary/aromatic N) is 2. The first kappa shape index (κ1) is 35.3. The molecule has 10 aromatic carbocycles. The zero-order valence-electron chi connectivity index (χ0n) is 34.2. The van der Waals surface area contributed by atoms with E-state index in [1.807, 2.05) is 0 Å². The Balaban J connectivity index is 1.13. The lowest BCUT2D eigenvalue weighted by Gasteiger charge is -2.30. The number of benzene rings is 10. The van der Waals surface area contributed by atoms with Crippen LogP contribution in [0.2, 0.25) is 0 Å². The summed E-state index contributed by atoms with van der Waals surface area (Å²) >= 11 is 0. The Bertz CT molecular complexity index is 3500. The Labute approximate surface area is 356 Å². The lowest BCUT2D eigenvalue weighted by molar-refractivity contribution is 0.660. The summed E-state index contributed by atoms with van der Waals surface area (Å²) in [5.41, 5.74) is 16.9. The molecule has 0 atom stereocenters. The number of hydrogen-bond donors (Lipinski definition) is 0. The minimum atomic E-state index is -0.142. The molecule has 0 amide bonds. The van der Waals surface area contributed by atoms with Gasteiger partial charge in [0.25, 0.3) is 0 Å². The van der Waals surface area contributed by atoms with Crippen LogP contribution >= 0.6 is 0 Å². The molecule has 0 saturated carbocycles. The van der Waals surface area contributed by atoms with Gasteiger partial charge in [0.15, 0.2) is 0 Å².